The van der Waals surface area contributed by atoms with Crippen molar-refractivity contribution in [2.45, 2.75) is 20.0 Å². The molecule has 1 N–H and O–H groups in total. The van der Waals surface area contributed by atoms with Crippen LogP contribution in [0.2, 0.25) is 0 Å². The summed E-state index contributed by atoms with van der Waals surface area (Å²) in [6.45, 7) is 3.62. The molecule has 0 aliphatic rings. The van der Waals surface area contributed by atoms with Crippen LogP contribution in [-0.4, -0.2) is 31.7 Å². The van der Waals surface area contributed by atoms with E-state index in [1.54, 1.807) is 32.0 Å². The van der Waals surface area contributed by atoms with E-state index in [2.05, 4.69) is 5.32 Å². The summed E-state index contributed by atoms with van der Waals surface area (Å²) < 4.78 is 16.2. The fourth-order valence-electron chi connectivity index (χ4n) is 2.86. The van der Waals surface area contributed by atoms with Gasteiger partial charge in [-0.2, -0.15) is 0 Å². The molecule has 1 amide bonds. The maximum atomic E-state index is 12.8. The van der Waals surface area contributed by atoms with Gasteiger partial charge in [-0.3, -0.25) is 4.79 Å². The van der Waals surface area contributed by atoms with Crippen LogP contribution < -0.4 is 14.8 Å². The fraction of sp³-hybridized carbons (Fsp3) is 0.217. The first kappa shape index (κ1) is 21.4. The van der Waals surface area contributed by atoms with Gasteiger partial charge in [0.05, 0.1) is 13.7 Å². The van der Waals surface area contributed by atoms with Gasteiger partial charge in [0.2, 0.25) is 0 Å². The second kappa shape index (κ2) is 9.93. The van der Waals surface area contributed by atoms with Crippen molar-refractivity contribution in [3.8, 4) is 22.6 Å². The van der Waals surface area contributed by atoms with Gasteiger partial charge in [-0.15, -0.1) is 11.3 Å². The van der Waals surface area contributed by atoms with Crippen LogP contribution in [0.3, 0.4) is 0 Å². The number of rotatable bonds is 8. The maximum Gasteiger partial charge on any atom is 0.341 e. The van der Waals surface area contributed by atoms with Gasteiger partial charge in [-0.1, -0.05) is 42.5 Å². The van der Waals surface area contributed by atoms with E-state index in [0.29, 0.717) is 27.6 Å². The molecule has 0 saturated carbocycles. The molecule has 2 aromatic carbocycles. The predicted molar refractivity (Wildman–Crippen MR) is 117 cm³/mol. The number of amides is 1. The number of carbonyl (C=O) groups is 2. The van der Waals surface area contributed by atoms with Crippen LogP contribution in [0.25, 0.3) is 11.1 Å². The molecule has 30 heavy (non-hydrogen) atoms. The summed E-state index contributed by atoms with van der Waals surface area (Å²) in [6, 6.07) is 16.6. The number of benzene rings is 2. The van der Waals surface area contributed by atoms with Crippen LogP contribution >= 0.6 is 11.3 Å². The summed E-state index contributed by atoms with van der Waals surface area (Å²) in [7, 11) is 1.54. The van der Waals surface area contributed by atoms with E-state index < -0.39 is 12.1 Å². The largest absolute Gasteiger partial charge is 0.493 e. The number of carbonyl (C=O) groups excluding carboxylic acids is 2. The van der Waals surface area contributed by atoms with Crippen molar-refractivity contribution in [2.24, 2.45) is 0 Å². The number of anilines is 1. The number of hydrogen-bond acceptors (Lipinski definition) is 6. The van der Waals surface area contributed by atoms with Crippen molar-refractivity contribution >= 4 is 28.2 Å². The van der Waals surface area contributed by atoms with Crippen LogP contribution in [0.1, 0.15) is 24.2 Å². The minimum absolute atomic E-state index is 0.240. The Balaban J connectivity index is 1.84. The molecule has 0 bridgehead atoms. The van der Waals surface area contributed by atoms with Crippen LogP contribution in [-0.2, 0) is 9.53 Å². The normalized spacial score (nSPS) is 11.4. The van der Waals surface area contributed by atoms with Crippen LogP contribution in [0.4, 0.5) is 5.00 Å². The quantitative estimate of drug-likeness (QED) is 0.514. The van der Waals surface area contributed by atoms with Crippen molar-refractivity contribution in [1.82, 2.24) is 0 Å². The maximum absolute atomic E-state index is 12.8. The molecule has 1 aromatic heterocycles. The summed E-state index contributed by atoms with van der Waals surface area (Å²) >= 11 is 1.27. The molecule has 0 aliphatic heterocycles. The smallest absolute Gasteiger partial charge is 0.341 e. The first-order valence-electron chi connectivity index (χ1n) is 9.49. The highest BCUT2D eigenvalue weighted by Crippen LogP contribution is 2.36. The van der Waals surface area contributed by atoms with Crippen LogP contribution in [0.5, 0.6) is 11.5 Å². The lowest BCUT2D eigenvalue weighted by Gasteiger charge is -2.16. The van der Waals surface area contributed by atoms with Gasteiger partial charge in [0.1, 0.15) is 10.6 Å². The van der Waals surface area contributed by atoms with Gasteiger partial charge in [0, 0.05) is 10.9 Å². The van der Waals surface area contributed by atoms with E-state index in [0.717, 1.165) is 5.56 Å². The van der Waals surface area contributed by atoms with Crippen molar-refractivity contribution in [3.63, 3.8) is 0 Å². The van der Waals surface area contributed by atoms with E-state index in [4.69, 9.17) is 14.2 Å². The monoisotopic (exact) mass is 425 g/mol. The van der Waals surface area contributed by atoms with Gasteiger partial charge in [-0.05, 0) is 31.5 Å². The summed E-state index contributed by atoms with van der Waals surface area (Å²) in [6.07, 6.45) is -0.807. The molecule has 7 heteroatoms. The number of para-hydroxylation sites is 2. The van der Waals surface area contributed by atoms with E-state index in [1.807, 2.05) is 41.8 Å². The number of nitrogens with one attached hydrogen (secondary N) is 1. The average molecular weight is 426 g/mol. The third-order valence-electron chi connectivity index (χ3n) is 4.33. The fourth-order valence-corrected chi connectivity index (χ4v) is 3.82. The molecule has 0 aliphatic carbocycles. The lowest BCUT2D eigenvalue weighted by atomic mass is 10.0. The molecule has 1 heterocycles. The Morgan fingerprint density at radius 2 is 1.70 bits per heavy atom. The third-order valence-corrected chi connectivity index (χ3v) is 5.23. The highest BCUT2D eigenvalue weighted by atomic mass is 32.1. The molecule has 0 fully saturated rings. The SMILES string of the molecule is CCOC(=O)c1c(-c2ccccc2)csc1NC(=O)[C@H](C)Oc1ccccc1OC. The van der Waals surface area contributed by atoms with Crippen molar-refractivity contribution in [3.05, 3.63) is 65.5 Å². The number of hydrogen-bond donors (Lipinski definition) is 1. The third kappa shape index (κ3) is 4.80. The minimum Gasteiger partial charge on any atom is -0.493 e. The molecule has 0 spiro atoms. The molecule has 3 rings (SSSR count). The highest BCUT2D eigenvalue weighted by Gasteiger charge is 2.25. The second-order valence-electron chi connectivity index (χ2n) is 6.34. The van der Waals surface area contributed by atoms with Gasteiger partial charge in [0.15, 0.2) is 17.6 Å². The molecule has 6 nitrogen and oxygen atoms in total. The lowest BCUT2D eigenvalue weighted by Crippen LogP contribution is -2.30. The van der Waals surface area contributed by atoms with E-state index in [9.17, 15) is 9.59 Å². The summed E-state index contributed by atoms with van der Waals surface area (Å²) in [5, 5.41) is 5.07. The Labute approximate surface area is 179 Å². The van der Waals surface area contributed by atoms with Gasteiger partial charge < -0.3 is 19.5 Å². The van der Waals surface area contributed by atoms with Crippen LogP contribution in [0.15, 0.2) is 60.0 Å². The van der Waals surface area contributed by atoms with Gasteiger partial charge in [-0.25, -0.2) is 4.79 Å². The lowest BCUT2D eigenvalue weighted by molar-refractivity contribution is -0.122. The zero-order valence-electron chi connectivity index (χ0n) is 17.0. The topological polar surface area (TPSA) is 73.9 Å². The number of thiophene rings is 1. The van der Waals surface area contributed by atoms with Crippen molar-refractivity contribution in [2.75, 3.05) is 19.0 Å². The van der Waals surface area contributed by atoms with Crippen molar-refractivity contribution in [1.29, 1.82) is 0 Å². The minimum atomic E-state index is -0.807. The highest BCUT2D eigenvalue weighted by molar-refractivity contribution is 7.15. The first-order valence-corrected chi connectivity index (χ1v) is 10.4. The van der Waals surface area contributed by atoms with Crippen molar-refractivity contribution < 1.29 is 23.8 Å². The van der Waals surface area contributed by atoms with E-state index in [1.165, 1.54) is 18.4 Å². The Kier molecular flexibility index (Phi) is 7.08. The Morgan fingerprint density at radius 3 is 2.37 bits per heavy atom. The number of methoxy groups -OCH3 is 1. The summed E-state index contributed by atoms with van der Waals surface area (Å²) in [5.74, 6) is 0.135. The molecule has 0 unspecified atom stereocenters. The van der Waals surface area contributed by atoms with Gasteiger partial charge >= 0.3 is 5.97 Å². The molecular formula is C23H23NO5S. The molecular weight excluding hydrogens is 402 g/mol. The Hall–Kier alpha value is -3.32. The Morgan fingerprint density at radius 1 is 1.03 bits per heavy atom. The zero-order valence-corrected chi connectivity index (χ0v) is 17.8. The Bertz CT molecular complexity index is 1020. The number of ether oxygens (including phenoxy) is 3. The zero-order chi connectivity index (χ0) is 21.5. The van der Waals surface area contributed by atoms with E-state index >= 15 is 0 Å². The second-order valence-corrected chi connectivity index (χ2v) is 7.22. The summed E-state index contributed by atoms with van der Waals surface area (Å²) in [4.78, 5) is 25.4. The first-order chi connectivity index (χ1) is 14.5. The summed E-state index contributed by atoms with van der Waals surface area (Å²) in [5.41, 5.74) is 1.93. The molecule has 0 saturated heterocycles. The molecule has 156 valence electrons. The van der Waals surface area contributed by atoms with Gasteiger partial charge in [0.25, 0.3) is 5.91 Å². The van der Waals surface area contributed by atoms with Crippen LogP contribution in [0, 0.1) is 0 Å². The van der Waals surface area contributed by atoms with E-state index in [-0.39, 0.29) is 12.5 Å². The molecule has 3 aromatic rings. The molecule has 1 atom stereocenters. The predicted octanol–water partition coefficient (Wildman–Crippen LogP) is 5.01. The standard InChI is InChI=1S/C23H23NO5S/c1-4-28-23(26)20-17(16-10-6-5-7-11-16)14-30-22(20)24-21(25)15(2)29-19-13-9-8-12-18(19)27-3/h5-15H,4H2,1-3H3,(H,24,25)/t15-/m0/s1. The average Bonchev–Trinajstić information content (AvgIpc) is 3.18. The molecule has 0 radical (unpaired) electrons. The number of esters is 1.